The predicted molar refractivity (Wildman–Crippen MR) is 96.4 cm³/mol. The summed E-state index contributed by atoms with van der Waals surface area (Å²) in [6, 6.07) is 12.8. The van der Waals surface area contributed by atoms with Crippen molar-refractivity contribution in [2.45, 2.75) is 6.61 Å². The van der Waals surface area contributed by atoms with E-state index in [0.717, 1.165) is 0 Å². The zero-order valence-corrected chi connectivity index (χ0v) is 13.6. The lowest BCUT2D eigenvalue weighted by Crippen LogP contribution is -2.00. The molecule has 5 N–H and O–H groups in total. The maximum Gasteiger partial charge on any atom is 0.269 e. The average Bonchev–Trinajstić information content (AvgIpc) is 2.64. The third-order valence-corrected chi connectivity index (χ3v) is 3.13. The standard InChI is InChI=1S/C12H11N3O3.C5H6N2O/c13-12-11(5-2-6-14-12)18-8-9-3-1-4-10(7-9)15(16)17;6-5-4(8)2-1-3-7-5/h1-7H,8H2,(H2,13,14);1-3,8H,(H2,6,7). The molecule has 9 nitrogen and oxygen atoms in total. The van der Waals surface area contributed by atoms with Gasteiger partial charge in [-0.3, -0.25) is 10.1 Å². The number of pyridine rings is 2. The van der Waals surface area contributed by atoms with Gasteiger partial charge in [0.2, 0.25) is 0 Å². The van der Waals surface area contributed by atoms with Crippen LogP contribution in [0.4, 0.5) is 17.3 Å². The molecule has 0 radical (unpaired) electrons. The fourth-order valence-electron chi connectivity index (χ4n) is 1.85. The normalized spacial score (nSPS) is 9.69. The predicted octanol–water partition coefficient (Wildman–Crippen LogP) is 2.52. The summed E-state index contributed by atoms with van der Waals surface area (Å²) in [6.45, 7) is 0.206. The Labute approximate surface area is 149 Å². The highest BCUT2D eigenvalue weighted by Crippen LogP contribution is 2.20. The Bertz CT molecular complexity index is 867. The van der Waals surface area contributed by atoms with Gasteiger partial charge in [0.1, 0.15) is 6.61 Å². The Balaban J connectivity index is 0.000000254. The van der Waals surface area contributed by atoms with Gasteiger partial charge in [0, 0.05) is 24.5 Å². The zero-order chi connectivity index (χ0) is 18.9. The molecule has 0 atom stereocenters. The Morgan fingerprint density at radius 2 is 1.73 bits per heavy atom. The van der Waals surface area contributed by atoms with Crippen molar-refractivity contribution in [1.82, 2.24) is 9.97 Å². The number of nitrogens with two attached hydrogens (primary N) is 2. The van der Waals surface area contributed by atoms with Gasteiger partial charge in [-0.05, 0) is 29.8 Å². The van der Waals surface area contributed by atoms with E-state index in [-0.39, 0.29) is 23.9 Å². The van der Waals surface area contributed by atoms with Crippen molar-refractivity contribution in [2.24, 2.45) is 0 Å². The second-order valence-electron chi connectivity index (χ2n) is 5.01. The summed E-state index contributed by atoms with van der Waals surface area (Å²) in [5.74, 6) is 0.965. The van der Waals surface area contributed by atoms with Crippen LogP contribution in [0.25, 0.3) is 0 Å². The number of rotatable bonds is 4. The van der Waals surface area contributed by atoms with Crippen LogP contribution in [0.1, 0.15) is 5.56 Å². The minimum atomic E-state index is -0.443. The molecule has 3 rings (SSSR count). The summed E-state index contributed by atoms with van der Waals surface area (Å²) < 4.78 is 5.45. The average molecular weight is 355 g/mol. The Morgan fingerprint density at radius 1 is 1.04 bits per heavy atom. The maximum atomic E-state index is 10.6. The van der Waals surface area contributed by atoms with Gasteiger partial charge in [-0.25, -0.2) is 9.97 Å². The molecule has 0 unspecified atom stereocenters. The number of benzene rings is 1. The van der Waals surface area contributed by atoms with Gasteiger partial charge in [0.25, 0.3) is 5.69 Å². The first kappa shape index (κ1) is 18.5. The molecule has 134 valence electrons. The molecule has 3 aromatic rings. The molecule has 26 heavy (non-hydrogen) atoms. The van der Waals surface area contributed by atoms with E-state index in [0.29, 0.717) is 17.1 Å². The molecular formula is C17H17N5O4. The van der Waals surface area contributed by atoms with Crippen molar-refractivity contribution in [3.05, 3.63) is 76.6 Å². The van der Waals surface area contributed by atoms with E-state index >= 15 is 0 Å². The number of hydrogen-bond donors (Lipinski definition) is 3. The lowest BCUT2D eigenvalue weighted by molar-refractivity contribution is -0.384. The summed E-state index contributed by atoms with van der Waals surface area (Å²) in [6.07, 6.45) is 3.09. The van der Waals surface area contributed by atoms with E-state index in [1.807, 2.05) is 0 Å². The summed E-state index contributed by atoms with van der Waals surface area (Å²) in [7, 11) is 0. The molecule has 0 saturated carbocycles. The lowest BCUT2D eigenvalue weighted by atomic mass is 10.2. The molecule has 1 aromatic carbocycles. The molecule has 2 heterocycles. The first-order valence-corrected chi connectivity index (χ1v) is 7.43. The first-order chi connectivity index (χ1) is 12.5. The van der Waals surface area contributed by atoms with Crippen molar-refractivity contribution in [2.75, 3.05) is 11.5 Å². The Kier molecular flexibility index (Phi) is 6.27. The number of anilines is 2. The fourth-order valence-corrected chi connectivity index (χ4v) is 1.85. The molecule has 0 amide bonds. The Hall–Kier alpha value is -3.88. The largest absolute Gasteiger partial charge is 0.504 e. The molecule has 9 heteroatoms. The number of nitro groups is 1. The van der Waals surface area contributed by atoms with Gasteiger partial charge in [-0.2, -0.15) is 0 Å². The third kappa shape index (κ3) is 5.34. The van der Waals surface area contributed by atoms with E-state index in [2.05, 4.69) is 9.97 Å². The summed E-state index contributed by atoms with van der Waals surface area (Å²) in [4.78, 5) is 17.7. The van der Waals surface area contributed by atoms with Crippen molar-refractivity contribution in [1.29, 1.82) is 0 Å². The molecular weight excluding hydrogens is 338 g/mol. The van der Waals surface area contributed by atoms with Crippen LogP contribution in [0.2, 0.25) is 0 Å². The van der Waals surface area contributed by atoms with Gasteiger partial charge in [-0.15, -0.1) is 0 Å². The second kappa shape index (κ2) is 8.83. The van der Waals surface area contributed by atoms with Crippen LogP contribution in [-0.4, -0.2) is 20.0 Å². The first-order valence-electron chi connectivity index (χ1n) is 7.43. The Morgan fingerprint density at radius 3 is 2.31 bits per heavy atom. The van der Waals surface area contributed by atoms with E-state index in [1.54, 1.807) is 36.5 Å². The van der Waals surface area contributed by atoms with E-state index in [9.17, 15) is 10.1 Å². The number of nitro benzene ring substituents is 1. The van der Waals surface area contributed by atoms with Gasteiger partial charge in [0.15, 0.2) is 23.1 Å². The maximum absolute atomic E-state index is 10.6. The molecule has 0 saturated heterocycles. The van der Waals surface area contributed by atoms with Gasteiger partial charge in [-0.1, -0.05) is 12.1 Å². The molecule has 0 aliphatic heterocycles. The smallest absolute Gasteiger partial charge is 0.269 e. The lowest BCUT2D eigenvalue weighted by Gasteiger charge is -2.07. The molecule has 2 aromatic heterocycles. The summed E-state index contributed by atoms with van der Waals surface area (Å²) in [5, 5.41) is 19.3. The third-order valence-electron chi connectivity index (χ3n) is 3.13. The van der Waals surface area contributed by atoms with Crippen LogP contribution >= 0.6 is 0 Å². The van der Waals surface area contributed by atoms with Crippen molar-refractivity contribution in [3.8, 4) is 11.5 Å². The number of nitrogen functional groups attached to an aromatic ring is 2. The van der Waals surface area contributed by atoms with Gasteiger partial charge in [0.05, 0.1) is 4.92 Å². The van der Waals surface area contributed by atoms with Crippen molar-refractivity contribution in [3.63, 3.8) is 0 Å². The highest BCUT2D eigenvalue weighted by molar-refractivity contribution is 5.45. The summed E-state index contributed by atoms with van der Waals surface area (Å²) >= 11 is 0. The summed E-state index contributed by atoms with van der Waals surface area (Å²) in [5.41, 5.74) is 11.5. The van der Waals surface area contributed by atoms with Crippen molar-refractivity contribution >= 4 is 17.3 Å². The van der Waals surface area contributed by atoms with Crippen LogP contribution in [0.15, 0.2) is 60.9 Å². The molecule has 0 fully saturated rings. The van der Waals surface area contributed by atoms with Crippen LogP contribution < -0.4 is 16.2 Å². The molecule has 0 spiro atoms. The topological polar surface area (TPSA) is 150 Å². The SMILES string of the molecule is Nc1ncccc1O.Nc1ncccc1OCc1cccc([N+](=O)[O-])c1. The highest BCUT2D eigenvalue weighted by Gasteiger charge is 2.06. The minimum Gasteiger partial charge on any atom is -0.504 e. The number of non-ortho nitro benzene ring substituents is 1. The second-order valence-corrected chi connectivity index (χ2v) is 5.01. The fraction of sp³-hybridized carbons (Fsp3) is 0.0588. The monoisotopic (exact) mass is 355 g/mol. The van der Waals surface area contributed by atoms with E-state index < -0.39 is 4.92 Å². The highest BCUT2D eigenvalue weighted by atomic mass is 16.6. The van der Waals surface area contributed by atoms with Crippen LogP contribution in [0.3, 0.4) is 0 Å². The van der Waals surface area contributed by atoms with Gasteiger partial charge < -0.3 is 21.3 Å². The number of ether oxygens (including phenoxy) is 1. The van der Waals surface area contributed by atoms with E-state index in [4.69, 9.17) is 21.3 Å². The number of nitrogens with zero attached hydrogens (tertiary/aromatic N) is 3. The van der Waals surface area contributed by atoms with Crippen LogP contribution in [0, 0.1) is 10.1 Å². The van der Waals surface area contributed by atoms with Crippen molar-refractivity contribution < 1.29 is 14.8 Å². The quantitative estimate of drug-likeness (QED) is 0.477. The zero-order valence-electron chi connectivity index (χ0n) is 13.6. The number of hydrogen-bond acceptors (Lipinski definition) is 8. The molecule has 0 aliphatic rings. The minimum absolute atomic E-state index is 0.0347. The van der Waals surface area contributed by atoms with Gasteiger partial charge >= 0.3 is 0 Å². The molecule has 0 aliphatic carbocycles. The number of aromatic nitrogens is 2. The van der Waals surface area contributed by atoms with Crippen LogP contribution in [-0.2, 0) is 6.61 Å². The van der Waals surface area contributed by atoms with Crippen LogP contribution in [0.5, 0.6) is 11.5 Å². The molecule has 0 bridgehead atoms. The van der Waals surface area contributed by atoms with E-state index in [1.165, 1.54) is 24.4 Å². The number of aromatic hydroxyl groups is 1.